The number of allylic oxidation sites excluding steroid dienone is 3. The summed E-state index contributed by atoms with van der Waals surface area (Å²) >= 11 is 6.08. The van der Waals surface area contributed by atoms with Crippen LogP contribution >= 0.6 is 47.0 Å². The van der Waals surface area contributed by atoms with Crippen LogP contribution in [0.25, 0.3) is 0 Å². The number of alkyl halides is 11. The van der Waals surface area contributed by atoms with Crippen LogP contribution in [-0.2, 0) is 42.9 Å². The molecule has 0 atom stereocenters. The molecule has 0 heterocycles. The topological polar surface area (TPSA) is 216 Å². The molecule has 0 radical (unpaired) electrons. The first-order valence-corrected chi connectivity index (χ1v) is 43.5. The summed E-state index contributed by atoms with van der Waals surface area (Å²) in [5.74, 6) is 2.62. The van der Waals surface area contributed by atoms with E-state index in [4.69, 9.17) is 35.0 Å². The molecule has 0 saturated carbocycles. The quantitative estimate of drug-likeness (QED) is 0.0111. The molecule has 134 heavy (non-hydrogen) atoms. The fourth-order valence-electron chi connectivity index (χ4n) is 5.68. The van der Waals surface area contributed by atoms with Crippen molar-refractivity contribution in [2.45, 2.75) is 176 Å². The van der Waals surface area contributed by atoms with Gasteiger partial charge in [-0.2, -0.15) is 26.3 Å². The number of carboxylic acids is 1. The van der Waals surface area contributed by atoms with Gasteiger partial charge in [-0.25, -0.2) is 22.0 Å². The molecule has 0 unspecified atom stereocenters. The Kier molecular flexibility index (Phi) is 272. The smallest absolute Gasteiger partial charge is 1.00 e. The van der Waals surface area contributed by atoms with Gasteiger partial charge in [0.1, 0.15) is 42.7 Å². The van der Waals surface area contributed by atoms with Gasteiger partial charge < -0.3 is 99.8 Å². The van der Waals surface area contributed by atoms with E-state index in [9.17, 15) is 66.7 Å². The number of aldehydes is 1. The molecule has 0 aliphatic heterocycles. The number of methoxy groups -OCH3 is 5. The van der Waals surface area contributed by atoms with Crippen LogP contribution in [0.5, 0.6) is 0 Å². The maximum atomic E-state index is 11.6. The average molecular weight is 2170 g/mol. The SMILES string of the molecule is C#CC.C=CC.CB(O)O.CBr.CC.CC#CC.CC(=O)O.CC(F)(F)CF.CC=CC.CC=O.CCBr.CCCC.CCOC.CC[P+](c1ccccc1)(c1ccccc1)c1ccccc1.CF.CF.CO.CO.COC(C)(F)F.COC(C)=O.COCC(C)(F)F.COCC(C)=O.FC(F)=C(F)F.[BH4-].[BH4-].[Br-].[CH3-].[CH3-].[F-].[F-].[F-].[HH].[Li+].[Li+].c1ccc(P(c2ccccc2)c2ccccc2)cc1. The first-order chi connectivity index (χ1) is 58.5. The van der Waals surface area contributed by atoms with Crippen molar-refractivity contribution in [2.24, 2.45) is 0 Å². The number of carbonyl (C=O) groups is 4. The van der Waals surface area contributed by atoms with E-state index < -0.39 is 71.7 Å². The van der Waals surface area contributed by atoms with Crippen molar-refractivity contribution in [3.8, 4) is 24.2 Å². The maximum absolute atomic E-state index is 11.6. The molecule has 0 aromatic heterocycles. The zero-order valence-corrected chi connectivity index (χ0v) is 91.2. The first-order valence-electron chi connectivity index (χ1n) is 37.5. The summed E-state index contributed by atoms with van der Waals surface area (Å²) in [6.07, 6.45) is 6.11. The molecule has 6 rings (SSSR count). The molecule has 0 aliphatic rings. The zero-order valence-electron chi connectivity index (χ0n) is 84.6. The second-order valence-electron chi connectivity index (χ2n) is 20.6. The van der Waals surface area contributed by atoms with Crippen molar-refractivity contribution in [3.63, 3.8) is 0 Å². The van der Waals surface area contributed by atoms with Crippen molar-refractivity contribution in [1.29, 1.82) is 0 Å². The number of ketones is 1. The fourth-order valence-corrected chi connectivity index (χ4v) is 12.0. The molecule has 0 bridgehead atoms. The van der Waals surface area contributed by atoms with Gasteiger partial charge in [-0.1, -0.05) is 260 Å². The average Bonchev–Trinajstić information content (AvgIpc) is 0.761. The van der Waals surface area contributed by atoms with E-state index in [2.05, 4.69) is 289 Å². The molecule has 0 spiro atoms. The number of esters is 1. The van der Waals surface area contributed by atoms with Crippen molar-refractivity contribution in [2.75, 3.05) is 108 Å². The number of carbonyl (C=O) groups excluding carboxylic acids is 3. The van der Waals surface area contributed by atoms with E-state index in [1.165, 1.54) is 93.6 Å². The predicted molar refractivity (Wildman–Crippen MR) is 552 cm³/mol. The molecule has 0 saturated heterocycles. The number of terminal acetylenes is 1. The minimum absolute atomic E-state index is 0. The van der Waals surface area contributed by atoms with Gasteiger partial charge in [0, 0.05) is 90.6 Å². The van der Waals surface area contributed by atoms with Crippen LogP contribution in [0.4, 0.5) is 57.1 Å². The van der Waals surface area contributed by atoms with Crippen molar-refractivity contribution < 1.29 is 196 Å². The van der Waals surface area contributed by atoms with Gasteiger partial charge in [0.25, 0.3) is 17.8 Å². The van der Waals surface area contributed by atoms with Crippen LogP contribution in [0.1, 0.15) is 153 Å². The molecular formula is C94H167B3Br3F16Li2O14P2-5. The first kappa shape index (κ1) is 207. The number of carboxylic acid groups (broad SMARTS) is 1. The van der Waals surface area contributed by atoms with Gasteiger partial charge in [0.05, 0.1) is 27.6 Å². The van der Waals surface area contributed by atoms with E-state index in [1.807, 2.05) is 80.3 Å². The number of Topliss-reactive ketones (excluding diaryl/α,β-unsaturated/α-hetero) is 1. The maximum Gasteiger partial charge on any atom is 1.00 e. The fraction of sp³-hybridized carbons (Fsp3) is 0.447. The second kappa shape index (κ2) is 176. The number of unbranched alkanes of at least 4 members (excludes halogenated alkanes) is 1. The number of benzene rings is 6. The van der Waals surface area contributed by atoms with Crippen molar-refractivity contribution in [1.82, 2.24) is 0 Å². The van der Waals surface area contributed by atoms with E-state index in [1.54, 1.807) is 20.1 Å². The van der Waals surface area contributed by atoms with E-state index in [-0.39, 0.29) is 120 Å². The minimum atomic E-state index is -3.12. The number of halogens is 19. The number of hydrogen-bond acceptors (Lipinski definition) is 13. The largest absolute Gasteiger partial charge is 1.00 e. The van der Waals surface area contributed by atoms with Gasteiger partial charge in [0.2, 0.25) is 0 Å². The Morgan fingerprint density at radius 3 is 0.784 bits per heavy atom. The molecule has 5 N–H and O–H groups in total. The van der Waals surface area contributed by atoms with Crippen LogP contribution in [-0.4, -0.2) is 199 Å². The third-order valence-electron chi connectivity index (χ3n) is 10.2. The molecule has 0 fully saturated rings. The van der Waals surface area contributed by atoms with Crippen LogP contribution in [0.15, 0.2) is 219 Å². The predicted octanol–water partition coefficient (Wildman–Crippen LogP) is 4.36. The van der Waals surface area contributed by atoms with Crippen LogP contribution in [0.2, 0.25) is 6.82 Å². The summed E-state index contributed by atoms with van der Waals surface area (Å²) in [5.41, 5.74) is 0. The van der Waals surface area contributed by atoms with Crippen LogP contribution in [0.3, 0.4) is 0 Å². The molecule has 0 amide bonds. The summed E-state index contributed by atoms with van der Waals surface area (Å²) in [6, 6.07) is 65.3. The minimum Gasteiger partial charge on any atom is -1.00 e. The Balaban J connectivity index is -0.0000000337. The number of rotatable bonds is 15. The zero-order chi connectivity index (χ0) is 102. The van der Waals surface area contributed by atoms with Gasteiger partial charge in [0.15, 0.2) is 12.5 Å². The van der Waals surface area contributed by atoms with E-state index in [0.29, 0.717) is 28.2 Å². The third-order valence-corrected chi connectivity index (χ3v) is 17.2. The molecule has 14 nitrogen and oxygen atoms in total. The Bertz CT molecular complexity index is 2950. The van der Waals surface area contributed by atoms with E-state index >= 15 is 0 Å². The summed E-state index contributed by atoms with van der Waals surface area (Å²) in [7, 11) is 6.59. The van der Waals surface area contributed by atoms with Gasteiger partial charge in [-0.05, 0) is 142 Å². The molecular weight excluding hydrogens is 2000 g/mol. The summed E-state index contributed by atoms with van der Waals surface area (Å²) < 4.78 is 160. The number of aliphatic hydroxyl groups excluding tert-OH is 2. The van der Waals surface area contributed by atoms with Crippen molar-refractivity contribution in [3.05, 3.63) is 234 Å². The number of aliphatic hydroxyl groups is 2. The number of hydrogen-bond donors (Lipinski definition) is 5. The molecule has 0 aliphatic carbocycles. The van der Waals surface area contributed by atoms with E-state index in [0.717, 1.165) is 59.6 Å². The summed E-state index contributed by atoms with van der Waals surface area (Å²) in [5, 5.41) is 46.3. The van der Waals surface area contributed by atoms with Gasteiger partial charge in [-0.3, -0.25) is 23.2 Å². The molecule has 6 aromatic rings. The summed E-state index contributed by atoms with van der Waals surface area (Å²) in [4.78, 5) is 37.3. The molecule has 40 heteroatoms. The van der Waals surface area contributed by atoms with Gasteiger partial charge in [-0.15, -0.1) is 30.8 Å². The number of ether oxygens (including phenoxy) is 5. The second-order valence-corrected chi connectivity index (χ2v) is 27.8. The van der Waals surface area contributed by atoms with Gasteiger partial charge >= 0.3 is 69.1 Å². The summed E-state index contributed by atoms with van der Waals surface area (Å²) in [6.45, 7) is 36.9. The number of aliphatic carboxylic acids is 1. The van der Waals surface area contributed by atoms with Crippen LogP contribution < -0.4 is 101 Å². The third kappa shape index (κ3) is 205. The van der Waals surface area contributed by atoms with Crippen LogP contribution in [0, 0.1) is 39.0 Å². The molecule has 6 aromatic carbocycles. The Hall–Kier alpha value is -5.81. The standard InChI is InChI=1S/C20H20P.C18H15P.C4H8F2O.C4H8O2.C4H10.C4H8.C4H6.C3H5F3.C3H6F2O.C3H6O2.C3H8O.C3H6.C3H4.C2H5Br.C2F4.C2H4O2.C2H4O.C2H6.CH5BO2.CH3Br.2CH3F.2CH4O.2CH3.2BH4.BrH.3FH.2Li.H2/c1-2-21(18-12-6-3-7-13-18,19-14-8-4-9-15-19)20-16-10-5-11-17-20;1-4-10-16(11-5-1)19(17-12-6-2-7-13-17)18-14-8-3-9-15-18;1-4(5,6)3-7-2;1-4(5)3-6-2;3*1-3-4-2;1-3(5,6)2-4;1-3(4,5)6-2;1-3(4)5-2;1-3-4-2;2*1-3-2;1-2-3;3-1(4)2(5)6;1-2(3)4;1-2-3;1-2;1-2(3)4;5*1-2;;;;;;;;;;;/h3-17H,2H2,1H3;1-15H;3H2,1-2H3;3H2,1-2H3;3-4H2,1-2H3;3-4H,1-2H3;1-2H3;2H2,1H3;1-2H3;1-2H3;3H2,1-2H3;3H,1H2,2H3;1H,2H3;2H2,1H3;;1H3,(H,3,4);2H,1H3;1-2H3;3-4H,1H3;3*1H3;2*2H,1H3;2*1H3;2*1H4;4*1H;;;1H/q+1;;;;;;;;;;;;;;;;;;;;;;;;4*-1;;;;;2*+1;/p-4. The Morgan fingerprint density at radius 2 is 0.716 bits per heavy atom. The Morgan fingerprint density at radius 1 is 0.545 bits per heavy atom. The van der Waals surface area contributed by atoms with Crippen molar-refractivity contribution >= 4 is 127 Å². The Labute approximate surface area is 858 Å². The monoisotopic (exact) mass is 2170 g/mol. The normalized spacial score (nSPS) is 7.84. The molecule has 786 valence electrons.